The number of amides is 1. The molecule has 208 valence electrons. The minimum atomic E-state index is -1.48. The number of rotatable bonds is 4. The van der Waals surface area contributed by atoms with Crippen molar-refractivity contribution in [1.82, 2.24) is 0 Å². The van der Waals surface area contributed by atoms with E-state index in [9.17, 15) is 19.2 Å². The maximum atomic E-state index is 10.9. The number of carboxylic acids is 3. The fourth-order valence-electron chi connectivity index (χ4n) is 3.88. The number of nitrogens with one attached hydrogen (secondary N) is 1. The van der Waals surface area contributed by atoms with Crippen LogP contribution in [0.5, 0.6) is 0 Å². The first-order valence-corrected chi connectivity index (χ1v) is 11.8. The van der Waals surface area contributed by atoms with Gasteiger partial charge < -0.3 is 32.1 Å². The summed E-state index contributed by atoms with van der Waals surface area (Å²) < 4.78 is 0. The van der Waals surface area contributed by atoms with Crippen LogP contribution in [-0.2, 0) is 4.79 Å². The van der Waals surface area contributed by atoms with Gasteiger partial charge in [0.15, 0.2) is 0 Å². The molecule has 1 amide bonds. The minimum Gasteiger partial charge on any atom is -0.478 e. The molecule has 0 fully saturated rings. The SMILES string of the molecule is CC(=O)Nc1c(C)cc(C)cc1C.Cc1cc(C)c(N)c(C)c1.Nc1c(C(=O)O)cc(C(=O)O)cc1C(=O)O. The Kier molecular flexibility index (Phi) is 11.2. The van der Waals surface area contributed by atoms with Crippen molar-refractivity contribution in [3.05, 3.63) is 86.5 Å². The molecule has 3 rings (SSSR count). The molecule has 0 spiro atoms. The number of carbonyl (C=O) groups excluding carboxylic acids is 1. The van der Waals surface area contributed by atoms with E-state index in [-0.39, 0.29) is 5.91 Å². The van der Waals surface area contributed by atoms with Gasteiger partial charge in [0.05, 0.1) is 22.4 Å². The number of benzene rings is 3. The zero-order valence-electron chi connectivity index (χ0n) is 23.1. The van der Waals surface area contributed by atoms with E-state index >= 15 is 0 Å². The number of aryl methyl sites for hydroxylation is 6. The van der Waals surface area contributed by atoms with Gasteiger partial charge in [-0.15, -0.1) is 0 Å². The van der Waals surface area contributed by atoms with Crippen LogP contribution in [0.2, 0.25) is 0 Å². The molecule has 39 heavy (non-hydrogen) atoms. The van der Waals surface area contributed by atoms with Gasteiger partial charge in [0.1, 0.15) is 0 Å². The van der Waals surface area contributed by atoms with Gasteiger partial charge >= 0.3 is 17.9 Å². The van der Waals surface area contributed by atoms with Gasteiger partial charge in [-0.2, -0.15) is 0 Å². The molecule has 0 heterocycles. The molecule has 0 aliphatic rings. The Bertz CT molecular complexity index is 1350. The van der Waals surface area contributed by atoms with Gasteiger partial charge in [0.25, 0.3) is 0 Å². The number of carboxylic acid groups (broad SMARTS) is 3. The van der Waals surface area contributed by atoms with Crippen molar-refractivity contribution in [1.29, 1.82) is 0 Å². The number of hydrogen-bond acceptors (Lipinski definition) is 6. The molecule has 10 nitrogen and oxygen atoms in total. The van der Waals surface area contributed by atoms with E-state index in [1.54, 1.807) is 0 Å². The maximum Gasteiger partial charge on any atom is 0.337 e. The lowest BCUT2D eigenvalue weighted by atomic mass is 10.0. The summed E-state index contributed by atoms with van der Waals surface area (Å²) in [5.74, 6) is -4.41. The normalized spacial score (nSPS) is 9.82. The third-order valence-corrected chi connectivity index (χ3v) is 5.60. The summed E-state index contributed by atoms with van der Waals surface area (Å²) in [5, 5.41) is 28.9. The molecule has 0 aliphatic carbocycles. The molecule has 0 bridgehead atoms. The molecule has 0 atom stereocenters. The van der Waals surface area contributed by atoms with Crippen LogP contribution in [0.4, 0.5) is 17.1 Å². The molecule has 0 aromatic heterocycles. The Morgan fingerprint density at radius 2 is 0.949 bits per heavy atom. The van der Waals surface area contributed by atoms with E-state index in [1.807, 2.05) is 27.7 Å². The highest BCUT2D eigenvalue weighted by Gasteiger charge is 2.20. The maximum absolute atomic E-state index is 10.9. The van der Waals surface area contributed by atoms with Crippen molar-refractivity contribution < 1.29 is 34.5 Å². The first kappa shape index (κ1) is 32.2. The zero-order chi connectivity index (χ0) is 30.2. The molecular weight excluding hydrogens is 502 g/mol. The monoisotopic (exact) mass is 537 g/mol. The van der Waals surface area contributed by atoms with Crippen LogP contribution < -0.4 is 16.8 Å². The standard InChI is InChI=1S/C11H15NO.C9H7NO6.C9H13N/c1-7-5-8(2)11(9(3)6-7)12-10(4)13;10-6-4(8(13)14)1-3(7(11)12)2-5(6)9(15)16;1-6-4-7(2)9(10)8(3)5-6/h5-6H,1-4H3,(H,12,13);1-2H,10H2,(H,11,12)(H,13,14)(H,15,16);4-5H,10H2,1-3H3. The summed E-state index contributed by atoms with van der Waals surface area (Å²) in [5.41, 5.74) is 18.0. The van der Waals surface area contributed by atoms with Crippen LogP contribution in [0, 0.1) is 41.5 Å². The van der Waals surface area contributed by atoms with Gasteiger partial charge in [0, 0.05) is 18.3 Å². The zero-order valence-corrected chi connectivity index (χ0v) is 23.1. The van der Waals surface area contributed by atoms with Crippen molar-refractivity contribution in [2.45, 2.75) is 48.5 Å². The van der Waals surface area contributed by atoms with E-state index in [2.05, 4.69) is 43.4 Å². The molecule has 0 radical (unpaired) electrons. The lowest BCUT2D eigenvalue weighted by Crippen LogP contribution is -2.12. The Labute approximate surface area is 227 Å². The van der Waals surface area contributed by atoms with E-state index in [0.29, 0.717) is 0 Å². The number of nitrogens with two attached hydrogens (primary N) is 2. The summed E-state index contributed by atoms with van der Waals surface area (Å²) in [6.45, 7) is 13.7. The molecule has 8 N–H and O–H groups in total. The third kappa shape index (κ3) is 9.19. The van der Waals surface area contributed by atoms with Gasteiger partial charge in [-0.05, 0) is 75.9 Å². The van der Waals surface area contributed by atoms with E-state index in [4.69, 9.17) is 26.8 Å². The molecule has 0 saturated heterocycles. The molecule has 0 unspecified atom stereocenters. The number of nitrogen functional groups attached to an aromatic ring is 2. The van der Waals surface area contributed by atoms with Crippen LogP contribution in [0.25, 0.3) is 0 Å². The summed E-state index contributed by atoms with van der Waals surface area (Å²) >= 11 is 0. The van der Waals surface area contributed by atoms with Crippen LogP contribution in [0.3, 0.4) is 0 Å². The second-order valence-corrected chi connectivity index (χ2v) is 9.17. The Morgan fingerprint density at radius 1 is 0.590 bits per heavy atom. The van der Waals surface area contributed by atoms with E-state index < -0.39 is 40.3 Å². The Hall–Kier alpha value is -4.86. The predicted molar refractivity (Wildman–Crippen MR) is 152 cm³/mol. The first-order valence-electron chi connectivity index (χ1n) is 11.8. The lowest BCUT2D eigenvalue weighted by molar-refractivity contribution is -0.114. The van der Waals surface area contributed by atoms with Crippen LogP contribution in [0.15, 0.2) is 36.4 Å². The fourth-order valence-corrected chi connectivity index (χ4v) is 3.88. The minimum absolute atomic E-state index is 0.0185. The number of hydrogen-bond donors (Lipinski definition) is 6. The summed E-state index contributed by atoms with van der Waals surface area (Å²) in [7, 11) is 0. The number of anilines is 3. The average molecular weight is 538 g/mol. The highest BCUT2D eigenvalue weighted by atomic mass is 16.4. The van der Waals surface area contributed by atoms with Crippen molar-refractivity contribution in [3.63, 3.8) is 0 Å². The van der Waals surface area contributed by atoms with Crippen LogP contribution in [0.1, 0.15) is 71.4 Å². The third-order valence-electron chi connectivity index (χ3n) is 5.60. The highest BCUT2D eigenvalue weighted by molar-refractivity contribution is 6.05. The molecule has 0 saturated carbocycles. The Balaban J connectivity index is 0.000000300. The molecule has 3 aromatic rings. The summed E-state index contributed by atoms with van der Waals surface area (Å²) in [4.78, 5) is 42.9. The summed E-state index contributed by atoms with van der Waals surface area (Å²) in [6, 6.07) is 9.96. The Morgan fingerprint density at radius 3 is 1.26 bits per heavy atom. The number of aromatic carboxylic acids is 3. The second kappa shape index (κ2) is 13.6. The highest BCUT2D eigenvalue weighted by Crippen LogP contribution is 2.22. The van der Waals surface area contributed by atoms with E-state index in [1.165, 1.54) is 29.2 Å². The smallest absolute Gasteiger partial charge is 0.337 e. The van der Waals surface area contributed by atoms with Crippen molar-refractivity contribution in [2.75, 3.05) is 16.8 Å². The topological polar surface area (TPSA) is 193 Å². The van der Waals surface area contributed by atoms with Crippen molar-refractivity contribution in [3.8, 4) is 0 Å². The van der Waals surface area contributed by atoms with Crippen molar-refractivity contribution >= 4 is 40.9 Å². The van der Waals surface area contributed by atoms with Crippen LogP contribution >= 0.6 is 0 Å². The van der Waals surface area contributed by atoms with Gasteiger partial charge in [0.2, 0.25) is 5.91 Å². The van der Waals surface area contributed by atoms with Gasteiger partial charge in [-0.1, -0.05) is 35.4 Å². The largest absolute Gasteiger partial charge is 0.478 e. The lowest BCUT2D eigenvalue weighted by Gasteiger charge is -2.10. The van der Waals surface area contributed by atoms with Crippen LogP contribution in [-0.4, -0.2) is 39.1 Å². The fraction of sp³-hybridized carbons (Fsp3) is 0.241. The first-order chi connectivity index (χ1) is 18.0. The average Bonchev–Trinajstić information content (AvgIpc) is 2.80. The predicted octanol–water partition coefficient (Wildman–Crippen LogP) is 5.13. The quantitative estimate of drug-likeness (QED) is 0.245. The van der Waals surface area contributed by atoms with Gasteiger partial charge in [-0.3, -0.25) is 4.79 Å². The molecule has 10 heteroatoms. The molecular formula is C29H35N3O7. The van der Waals surface area contributed by atoms with E-state index in [0.717, 1.165) is 34.6 Å². The van der Waals surface area contributed by atoms with Gasteiger partial charge in [-0.25, -0.2) is 14.4 Å². The second-order valence-electron chi connectivity index (χ2n) is 9.17. The number of carbonyl (C=O) groups is 4. The van der Waals surface area contributed by atoms with Crippen molar-refractivity contribution in [2.24, 2.45) is 0 Å². The molecule has 0 aliphatic heterocycles. The summed E-state index contributed by atoms with van der Waals surface area (Å²) in [6.07, 6.45) is 0. The molecule has 3 aromatic carbocycles.